The molecule has 0 unspecified atom stereocenters. The molecule has 4 heteroatoms. The molecule has 1 aliphatic rings. The Morgan fingerprint density at radius 3 is 2.87 bits per heavy atom. The number of nitrogens with two attached hydrogens (primary N) is 1. The van der Waals surface area contributed by atoms with Crippen LogP contribution in [-0.4, -0.2) is 23.1 Å². The lowest BCUT2D eigenvalue weighted by Gasteiger charge is -2.24. The summed E-state index contributed by atoms with van der Waals surface area (Å²) in [6, 6.07) is 2.48. The van der Waals surface area contributed by atoms with Crippen LogP contribution in [0.4, 0.5) is 5.95 Å². The van der Waals surface area contributed by atoms with Crippen molar-refractivity contribution in [2.24, 2.45) is 5.73 Å². The van der Waals surface area contributed by atoms with Crippen LogP contribution < -0.4 is 10.6 Å². The highest BCUT2D eigenvalue weighted by Crippen LogP contribution is 2.24. The van der Waals surface area contributed by atoms with Gasteiger partial charge in [0, 0.05) is 25.8 Å². The van der Waals surface area contributed by atoms with Crippen LogP contribution >= 0.6 is 0 Å². The molecule has 0 aliphatic heterocycles. The van der Waals surface area contributed by atoms with Crippen molar-refractivity contribution < 1.29 is 0 Å². The summed E-state index contributed by atoms with van der Waals surface area (Å²) in [6.07, 6.45) is 6.95. The number of hydrogen-bond donors (Lipinski definition) is 1. The molecular formula is C11H18N4. The highest BCUT2D eigenvalue weighted by atomic mass is 15.3. The Morgan fingerprint density at radius 2 is 2.20 bits per heavy atom. The number of rotatable bonds is 3. The molecule has 1 saturated carbocycles. The minimum absolute atomic E-state index is 0.480. The van der Waals surface area contributed by atoms with Crippen molar-refractivity contribution in [3.63, 3.8) is 0 Å². The average molecular weight is 206 g/mol. The monoisotopic (exact) mass is 206 g/mol. The van der Waals surface area contributed by atoms with Gasteiger partial charge in [0.05, 0.1) is 5.69 Å². The predicted octanol–water partition coefficient (Wildman–Crippen LogP) is 1.31. The zero-order valence-corrected chi connectivity index (χ0v) is 9.19. The smallest absolute Gasteiger partial charge is 0.225 e. The summed E-state index contributed by atoms with van der Waals surface area (Å²) in [5, 5.41) is 0. The first kappa shape index (κ1) is 10.4. The van der Waals surface area contributed by atoms with E-state index in [0.717, 1.165) is 11.6 Å². The molecule has 0 saturated heterocycles. The molecule has 15 heavy (non-hydrogen) atoms. The van der Waals surface area contributed by atoms with E-state index in [-0.39, 0.29) is 0 Å². The van der Waals surface area contributed by atoms with E-state index in [4.69, 9.17) is 5.73 Å². The molecule has 0 spiro atoms. The summed E-state index contributed by atoms with van der Waals surface area (Å²) in [4.78, 5) is 10.9. The maximum absolute atomic E-state index is 5.56. The molecule has 4 nitrogen and oxygen atoms in total. The molecule has 0 aromatic carbocycles. The predicted molar refractivity (Wildman–Crippen MR) is 60.6 cm³/mol. The summed E-state index contributed by atoms with van der Waals surface area (Å²) >= 11 is 0. The van der Waals surface area contributed by atoms with E-state index in [2.05, 4.69) is 21.9 Å². The molecule has 0 amide bonds. The summed E-state index contributed by atoms with van der Waals surface area (Å²) in [5.41, 5.74) is 6.47. The number of anilines is 1. The fourth-order valence-corrected chi connectivity index (χ4v) is 2.12. The van der Waals surface area contributed by atoms with Crippen molar-refractivity contribution in [1.29, 1.82) is 0 Å². The molecule has 0 radical (unpaired) electrons. The minimum atomic E-state index is 0.480. The van der Waals surface area contributed by atoms with Crippen LogP contribution in [0.25, 0.3) is 0 Å². The van der Waals surface area contributed by atoms with Gasteiger partial charge in [0.25, 0.3) is 0 Å². The van der Waals surface area contributed by atoms with Gasteiger partial charge < -0.3 is 10.6 Å². The molecule has 2 N–H and O–H groups in total. The molecule has 0 atom stereocenters. The van der Waals surface area contributed by atoms with Gasteiger partial charge >= 0.3 is 0 Å². The van der Waals surface area contributed by atoms with E-state index < -0.39 is 0 Å². The molecule has 1 fully saturated rings. The van der Waals surface area contributed by atoms with Gasteiger partial charge in [-0.15, -0.1) is 0 Å². The highest BCUT2D eigenvalue weighted by molar-refractivity contribution is 5.31. The van der Waals surface area contributed by atoms with Crippen LogP contribution in [0.1, 0.15) is 31.4 Å². The van der Waals surface area contributed by atoms with Crippen molar-refractivity contribution in [2.45, 2.75) is 38.3 Å². The second kappa shape index (κ2) is 4.57. The third kappa shape index (κ3) is 2.26. The van der Waals surface area contributed by atoms with Gasteiger partial charge in [0.2, 0.25) is 5.95 Å². The quantitative estimate of drug-likeness (QED) is 0.810. The van der Waals surface area contributed by atoms with Crippen LogP contribution in [-0.2, 0) is 6.54 Å². The van der Waals surface area contributed by atoms with Gasteiger partial charge in [0.1, 0.15) is 0 Å². The largest absolute Gasteiger partial charge is 0.341 e. The lowest BCUT2D eigenvalue weighted by atomic mass is 10.2. The third-order valence-corrected chi connectivity index (χ3v) is 3.10. The minimum Gasteiger partial charge on any atom is -0.341 e. The molecule has 82 valence electrons. The Balaban J connectivity index is 2.13. The molecule has 2 rings (SSSR count). The maximum Gasteiger partial charge on any atom is 0.225 e. The second-order valence-corrected chi connectivity index (χ2v) is 4.10. The van der Waals surface area contributed by atoms with Crippen LogP contribution in [0.5, 0.6) is 0 Å². The van der Waals surface area contributed by atoms with Crippen molar-refractivity contribution in [1.82, 2.24) is 9.97 Å². The zero-order chi connectivity index (χ0) is 10.7. The Bertz CT molecular complexity index is 320. The SMILES string of the molecule is CN(c1nccc(CN)n1)C1CCCC1. The van der Waals surface area contributed by atoms with E-state index in [0.29, 0.717) is 12.6 Å². The van der Waals surface area contributed by atoms with Crippen molar-refractivity contribution >= 4 is 5.95 Å². The first-order valence-electron chi connectivity index (χ1n) is 5.56. The standard InChI is InChI=1S/C11H18N4/c1-15(10-4-2-3-5-10)11-13-7-6-9(8-12)14-11/h6-7,10H,2-5,8,12H2,1H3. The number of nitrogens with zero attached hydrogens (tertiary/aromatic N) is 3. The Labute approximate surface area is 90.5 Å². The lowest BCUT2D eigenvalue weighted by molar-refractivity contribution is 0.636. The third-order valence-electron chi connectivity index (χ3n) is 3.10. The first-order chi connectivity index (χ1) is 7.31. The fraction of sp³-hybridized carbons (Fsp3) is 0.636. The van der Waals surface area contributed by atoms with Crippen LogP contribution in [0.2, 0.25) is 0 Å². The Morgan fingerprint density at radius 1 is 1.47 bits per heavy atom. The van der Waals surface area contributed by atoms with Crippen molar-refractivity contribution in [3.05, 3.63) is 18.0 Å². The van der Waals surface area contributed by atoms with Gasteiger partial charge in [0.15, 0.2) is 0 Å². The molecule has 1 heterocycles. The van der Waals surface area contributed by atoms with E-state index in [1.807, 2.05) is 6.07 Å². The van der Waals surface area contributed by atoms with Gasteiger partial charge in [-0.1, -0.05) is 12.8 Å². The second-order valence-electron chi connectivity index (χ2n) is 4.10. The summed E-state index contributed by atoms with van der Waals surface area (Å²) in [6.45, 7) is 0.480. The molecule has 1 aromatic heterocycles. The van der Waals surface area contributed by atoms with Gasteiger partial charge in [-0.3, -0.25) is 0 Å². The molecule has 1 aliphatic carbocycles. The summed E-state index contributed by atoms with van der Waals surface area (Å²) in [7, 11) is 2.08. The van der Waals surface area contributed by atoms with Crippen LogP contribution in [0.3, 0.4) is 0 Å². The van der Waals surface area contributed by atoms with Gasteiger partial charge in [-0.25, -0.2) is 9.97 Å². The Kier molecular flexibility index (Phi) is 3.16. The topological polar surface area (TPSA) is 55.0 Å². The average Bonchev–Trinajstić information content (AvgIpc) is 2.81. The fourth-order valence-electron chi connectivity index (χ4n) is 2.12. The summed E-state index contributed by atoms with van der Waals surface area (Å²) in [5.74, 6) is 0.810. The van der Waals surface area contributed by atoms with Crippen LogP contribution in [0.15, 0.2) is 12.3 Å². The normalized spacial score (nSPS) is 16.9. The first-order valence-corrected chi connectivity index (χ1v) is 5.56. The van der Waals surface area contributed by atoms with E-state index in [1.165, 1.54) is 25.7 Å². The van der Waals surface area contributed by atoms with Gasteiger partial charge in [-0.05, 0) is 18.9 Å². The molecular weight excluding hydrogens is 188 g/mol. The van der Waals surface area contributed by atoms with Gasteiger partial charge in [-0.2, -0.15) is 0 Å². The van der Waals surface area contributed by atoms with Crippen molar-refractivity contribution in [3.8, 4) is 0 Å². The molecule has 0 bridgehead atoms. The number of hydrogen-bond acceptors (Lipinski definition) is 4. The van der Waals surface area contributed by atoms with E-state index >= 15 is 0 Å². The maximum atomic E-state index is 5.56. The van der Waals surface area contributed by atoms with E-state index in [1.54, 1.807) is 6.20 Å². The molecule has 1 aromatic rings. The van der Waals surface area contributed by atoms with Crippen molar-refractivity contribution in [2.75, 3.05) is 11.9 Å². The zero-order valence-electron chi connectivity index (χ0n) is 9.19. The Hall–Kier alpha value is -1.16. The lowest BCUT2D eigenvalue weighted by Crippen LogP contribution is -2.30. The highest BCUT2D eigenvalue weighted by Gasteiger charge is 2.21. The van der Waals surface area contributed by atoms with Crippen LogP contribution in [0, 0.1) is 0 Å². The van der Waals surface area contributed by atoms with E-state index in [9.17, 15) is 0 Å². The number of aromatic nitrogens is 2. The summed E-state index contributed by atoms with van der Waals surface area (Å²) < 4.78 is 0.